The fourth-order valence-electron chi connectivity index (χ4n) is 2.18. The van der Waals surface area contributed by atoms with E-state index in [1.165, 1.54) is 6.42 Å². The van der Waals surface area contributed by atoms with Gasteiger partial charge in [0.15, 0.2) is 0 Å². The molecule has 3 nitrogen and oxygen atoms in total. The van der Waals surface area contributed by atoms with Gasteiger partial charge in [-0.1, -0.05) is 0 Å². The fraction of sp³-hybridized carbons (Fsp3) is 1.00. The zero-order chi connectivity index (χ0) is 7.90. The van der Waals surface area contributed by atoms with Crippen LogP contribution < -0.4 is 11.1 Å². The van der Waals surface area contributed by atoms with Crippen LogP contribution in [0.3, 0.4) is 0 Å². The monoisotopic (exact) mass is 156 g/mol. The summed E-state index contributed by atoms with van der Waals surface area (Å²) in [6, 6.07) is 0.292. The first-order valence-corrected chi connectivity index (χ1v) is 4.27. The van der Waals surface area contributed by atoms with Crippen molar-refractivity contribution < 1.29 is 4.74 Å². The first-order chi connectivity index (χ1) is 5.29. The summed E-state index contributed by atoms with van der Waals surface area (Å²) < 4.78 is 5.37. The molecule has 2 aliphatic rings. The summed E-state index contributed by atoms with van der Waals surface area (Å²) in [5, 5.41) is 3.12. The van der Waals surface area contributed by atoms with Gasteiger partial charge >= 0.3 is 0 Å². The third kappa shape index (κ3) is 0.991. The molecule has 2 rings (SSSR count). The van der Waals surface area contributed by atoms with Crippen LogP contribution in [-0.4, -0.2) is 32.8 Å². The minimum atomic E-state index is 0.292. The van der Waals surface area contributed by atoms with Gasteiger partial charge < -0.3 is 15.8 Å². The van der Waals surface area contributed by atoms with Gasteiger partial charge in [-0.15, -0.1) is 0 Å². The van der Waals surface area contributed by atoms with Crippen molar-refractivity contribution in [3.05, 3.63) is 0 Å². The molecule has 64 valence electrons. The summed E-state index contributed by atoms with van der Waals surface area (Å²) in [4.78, 5) is 0. The number of rotatable bonds is 3. The Morgan fingerprint density at radius 3 is 3.09 bits per heavy atom. The number of ether oxygens (including phenoxy) is 1. The van der Waals surface area contributed by atoms with Gasteiger partial charge in [0.1, 0.15) is 0 Å². The van der Waals surface area contributed by atoms with Gasteiger partial charge in [0, 0.05) is 18.0 Å². The molecule has 0 amide bonds. The predicted octanol–water partition coefficient (Wildman–Crippen LogP) is -0.430. The average molecular weight is 156 g/mol. The first kappa shape index (κ1) is 7.53. The third-order valence-corrected chi connectivity index (χ3v) is 3.13. The van der Waals surface area contributed by atoms with E-state index in [9.17, 15) is 0 Å². The van der Waals surface area contributed by atoms with Gasteiger partial charge in [-0.05, 0) is 19.4 Å². The molecule has 3 unspecified atom stereocenters. The maximum absolute atomic E-state index is 6.02. The zero-order valence-electron chi connectivity index (χ0n) is 6.97. The molecule has 1 heterocycles. The quantitative estimate of drug-likeness (QED) is 0.583. The van der Waals surface area contributed by atoms with Crippen LogP contribution in [0.4, 0.5) is 0 Å². The van der Waals surface area contributed by atoms with Crippen LogP contribution in [0.25, 0.3) is 0 Å². The van der Waals surface area contributed by atoms with Crippen LogP contribution in [0.1, 0.15) is 6.42 Å². The SMILES string of the molecule is CNCC(N)C12COCC1C2. The summed E-state index contributed by atoms with van der Waals surface area (Å²) in [7, 11) is 1.95. The first-order valence-electron chi connectivity index (χ1n) is 4.27. The molecule has 0 aromatic rings. The number of fused-ring (bicyclic) bond motifs is 1. The number of hydrogen-bond acceptors (Lipinski definition) is 3. The summed E-state index contributed by atoms with van der Waals surface area (Å²) in [5.41, 5.74) is 6.39. The molecule has 1 aliphatic carbocycles. The molecule has 11 heavy (non-hydrogen) atoms. The van der Waals surface area contributed by atoms with E-state index in [0.717, 1.165) is 25.7 Å². The Bertz CT molecular complexity index is 162. The van der Waals surface area contributed by atoms with Crippen molar-refractivity contribution in [1.82, 2.24) is 5.32 Å². The van der Waals surface area contributed by atoms with E-state index < -0.39 is 0 Å². The Morgan fingerprint density at radius 2 is 2.64 bits per heavy atom. The van der Waals surface area contributed by atoms with Gasteiger partial charge in [0.05, 0.1) is 13.2 Å². The average Bonchev–Trinajstić information content (AvgIpc) is 2.57. The van der Waals surface area contributed by atoms with Crippen molar-refractivity contribution in [2.75, 3.05) is 26.8 Å². The lowest BCUT2D eigenvalue weighted by Gasteiger charge is -2.19. The van der Waals surface area contributed by atoms with Gasteiger partial charge in [-0.2, -0.15) is 0 Å². The number of likely N-dealkylation sites (N-methyl/N-ethyl adjacent to an activating group) is 1. The standard InChI is InChI=1S/C8H16N2O/c1-10-3-7(9)8-2-6(8)4-11-5-8/h6-7,10H,2-5,9H2,1H3. The second-order valence-electron chi connectivity index (χ2n) is 3.81. The van der Waals surface area contributed by atoms with Crippen LogP contribution in [0.5, 0.6) is 0 Å². The lowest BCUT2D eigenvalue weighted by Crippen LogP contribution is -2.41. The van der Waals surface area contributed by atoms with Gasteiger partial charge in [0.25, 0.3) is 0 Å². The van der Waals surface area contributed by atoms with Crippen molar-refractivity contribution in [3.8, 4) is 0 Å². The number of nitrogens with one attached hydrogen (secondary N) is 1. The maximum atomic E-state index is 6.02. The number of nitrogens with two attached hydrogens (primary N) is 1. The third-order valence-electron chi connectivity index (χ3n) is 3.13. The van der Waals surface area contributed by atoms with E-state index in [2.05, 4.69) is 5.32 Å². The normalized spacial score (nSPS) is 43.6. The van der Waals surface area contributed by atoms with Crippen LogP contribution in [0.2, 0.25) is 0 Å². The Morgan fingerprint density at radius 1 is 1.82 bits per heavy atom. The Labute approximate surface area is 67.3 Å². The van der Waals surface area contributed by atoms with E-state index in [0.29, 0.717) is 11.5 Å². The molecule has 2 fully saturated rings. The highest BCUT2D eigenvalue weighted by atomic mass is 16.5. The molecule has 1 saturated heterocycles. The molecule has 3 heteroatoms. The summed E-state index contributed by atoms with van der Waals surface area (Å²) >= 11 is 0. The van der Waals surface area contributed by atoms with Crippen LogP contribution >= 0.6 is 0 Å². The fourth-order valence-corrected chi connectivity index (χ4v) is 2.18. The Hall–Kier alpha value is -0.120. The molecule has 0 aromatic carbocycles. The van der Waals surface area contributed by atoms with Crippen molar-refractivity contribution in [2.45, 2.75) is 12.5 Å². The largest absolute Gasteiger partial charge is 0.380 e. The van der Waals surface area contributed by atoms with E-state index in [1.807, 2.05) is 7.05 Å². The Kier molecular flexibility index (Phi) is 1.67. The van der Waals surface area contributed by atoms with E-state index in [1.54, 1.807) is 0 Å². The highest BCUT2D eigenvalue weighted by Crippen LogP contribution is 2.58. The van der Waals surface area contributed by atoms with E-state index in [4.69, 9.17) is 10.5 Å². The Balaban J connectivity index is 1.94. The molecule has 0 aromatic heterocycles. The molecule has 3 atom stereocenters. The highest BCUT2D eigenvalue weighted by molar-refractivity contribution is 5.11. The zero-order valence-corrected chi connectivity index (χ0v) is 6.97. The van der Waals surface area contributed by atoms with Gasteiger partial charge in [0.2, 0.25) is 0 Å². The molecule has 0 spiro atoms. The van der Waals surface area contributed by atoms with Gasteiger partial charge in [-0.25, -0.2) is 0 Å². The highest BCUT2D eigenvalue weighted by Gasteiger charge is 2.61. The molecule has 0 bridgehead atoms. The number of hydrogen-bond donors (Lipinski definition) is 2. The second-order valence-corrected chi connectivity index (χ2v) is 3.81. The molecular weight excluding hydrogens is 140 g/mol. The smallest absolute Gasteiger partial charge is 0.0541 e. The van der Waals surface area contributed by atoms with Crippen molar-refractivity contribution in [3.63, 3.8) is 0 Å². The lowest BCUT2D eigenvalue weighted by molar-refractivity contribution is 0.138. The van der Waals surface area contributed by atoms with Gasteiger partial charge in [-0.3, -0.25) is 0 Å². The summed E-state index contributed by atoms with van der Waals surface area (Å²) in [6.07, 6.45) is 1.29. The predicted molar refractivity (Wildman–Crippen MR) is 43.3 cm³/mol. The van der Waals surface area contributed by atoms with E-state index in [-0.39, 0.29) is 0 Å². The summed E-state index contributed by atoms with van der Waals surface area (Å²) in [5.74, 6) is 0.769. The molecule has 3 N–H and O–H groups in total. The summed E-state index contributed by atoms with van der Waals surface area (Å²) in [6.45, 7) is 2.75. The molecular formula is C8H16N2O. The van der Waals surface area contributed by atoms with Crippen molar-refractivity contribution >= 4 is 0 Å². The molecule has 1 aliphatic heterocycles. The van der Waals surface area contributed by atoms with Crippen molar-refractivity contribution in [1.29, 1.82) is 0 Å². The molecule has 0 radical (unpaired) electrons. The minimum Gasteiger partial charge on any atom is -0.380 e. The van der Waals surface area contributed by atoms with Crippen LogP contribution in [-0.2, 0) is 4.74 Å². The topological polar surface area (TPSA) is 47.3 Å². The van der Waals surface area contributed by atoms with Crippen LogP contribution in [0.15, 0.2) is 0 Å². The van der Waals surface area contributed by atoms with Crippen molar-refractivity contribution in [2.24, 2.45) is 17.1 Å². The van der Waals surface area contributed by atoms with E-state index >= 15 is 0 Å². The minimum absolute atomic E-state index is 0.292. The van der Waals surface area contributed by atoms with Crippen LogP contribution in [0, 0.1) is 11.3 Å². The maximum Gasteiger partial charge on any atom is 0.0541 e. The lowest BCUT2D eigenvalue weighted by atomic mass is 9.97. The second kappa shape index (κ2) is 2.44. The molecule has 1 saturated carbocycles.